The van der Waals surface area contributed by atoms with Gasteiger partial charge in [-0.25, -0.2) is 9.97 Å². The smallest absolute Gasteiger partial charge is 0.433 e. The molecule has 9 nitrogen and oxygen atoms in total. The maximum Gasteiger partial charge on any atom is 0.433 e. The number of carbonyl (C=O) groups is 2. The fraction of sp³-hybridized carbons (Fsp3) is 0.462. The van der Waals surface area contributed by atoms with Crippen molar-refractivity contribution in [2.75, 3.05) is 33.3 Å². The van der Waals surface area contributed by atoms with E-state index in [9.17, 15) is 22.8 Å². The van der Waals surface area contributed by atoms with Crippen molar-refractivity contribution in [1.29, 1.82) is 0 Å². The molecule has 2 N–H and O–H groups in total. The lowest BCUT2D eigenvalue weighted by Gasteiger charge is -2.35. The van der Waals surface area contributed by atoms with Crippen molar-refractivity contribution in [3.8, 4) is 17.2 Å². The minimum atomic E-state index is -4.63. The van der Waals surface area contributed by atoms with E-state index in [1.807, 2.05) is 6.92 Å². The third-order valence-electron chi connectivity index (χ3n) is 7.20. The lowest BCUT2D eigenvalue weighted by molar-refractivity contribution is -0.141. The van der Waals surface area contributed by atoms with Crippen LogP contribution in [0.25, 0.3) is 22.4 Å². The number of piperazine rings is 1. The molecule has 1 saturated carbocycles. The number of alkyl halides is 3. The number of nitrogens with zero attached hydrogens (tertiary/aromatic N) is 4. The zero-order valence-electron chi connectivity index (χ0n) is 21.3. The summed E-state index contributed by atoms with van der Waals surface area (Å²) in [5.74, 6) is 0.0892. The first-order valence-electron chi connectivity index (χ1n) is 12.3. The van der Waals surface area contributed by atoms with Crippen molar-refractivity contribution >= 4 is 22.7 Å². The van der Waals surface area contributed by atoms with Crippen LogP contribution in [0.4, 0.5) is 13.2 Å². The standard InChI is InChI=1S/C26H28F3N5O4/c1-14(30)21-20(23(35)33-10-12-34(13-11-33)24(36)25(2)8-9-25)32-22(38-21)16-4-6-17(37-3)19-15(16)5-7-18(31-19)26(27,28)29/h4-7,14H,8-13,30H2,1-3H3/t14-/m0/s1. The number of hydrogen-bond acceptors (Lipinski definition) is 7. The van der Waals surface area contributed by atoms with Gasteiger partial charge in [0.05, 0.1) is 13.2 Å². The van der Waals surface area contributed by atoms with Crippen molar-refractivity contribution in [1.82, 2.24) is 19.8 Å². The van der Waals surface area contributed by atoms with Gasteiger partial charge in [-0.2, -0.15) is 13.2 Å². The summed E-state index contributed by atoms with van der Waals surface area (Å²) in [7, 11) is 1.34. The second-order valence-electron chi connectivity index (χ2n) is 10.1. The van der Waals surface area contributed by atoms with E-state index in [2.05, 4.69) is 9.97 Å². The molecular weight excluding hydrogens is 503 g/mol. The van der Waals surface area contributed by atoms with Crippen molar-refractivity contribution in [2.45, 2.75) is 38.9 Å². The average molecular weight is 532 g/mol. The van der Waals surface area contributed by atoms with Crippen LogP contribution in [-0.4, -0.2) is 64.9 Å². The number of amides is 2. The highest BCUT2D eigenvalue weighted by Crippen LogP contribution is 2.46. The molecule has 3 aromatic rings. The summed E-state index contributed by atoms with van der Waals surface area (Å²) >= 11 is 0. The number of rotatable bonds is 5. The Morgan fingerprint density at radius 1 is 1.08 bits per heavy atom. The number of methoxy groups -OCH3 is 1. The second kappa shape index (κ2) is 9.26. The topological polar surface area (TPSA) is 115 Å². The molecule has 0 unspecified atom stereocenters. The Hall–Kier alpha value is -3.67. The third-order valence-corrected chi connectivity index (χ3v) is 7.20. The van der Waals surface area contributed by atoms with Gasteiger partial charge in [-0.1, -0.05) is 6.92 Å². The summed E-state index contributed by atoms with van der Waals surface area (Å²) in [6.07, 6.45) is -2.86. The van der Waals surface area contributed by atoms with E-state index in [-0.39, 0.29) is 45.8 Å². The number of nitrogens with two attached hydrogens (primary N) is 1. The van der Waals surface area contributed by atoms with Crippen molar-refractivity contribution in [3.63, 3.8) is 0 Å². The van der Waals surface area contributed by atoms with Gasteiger partial charge >= 0.3 is 6.18 Å². The zero-order chi connectivity index (χ0) is 27.4. The van der Waals surface area contributed by atoms with Gasteiger partial charge in [0.2, 0.25) is 11.8 Å². The van der Waals surface area contributed by atoms with E-state index in [0.717, 1.165) is 18.9 Å². The average Bonchev–Trinajstić information content (AvgIpc) is 3.49. The Bertz CT molecular complexity index is 1410. The molecule has 2 aromatic heterocycles. The number of aromatic nitrogens is 2. The highest BCUT2D eigenvalue weighted by Gasteiger charge is 2.47. The summed E-state index contributed by atoms with van der Waals surface area (Å²) in [5, 5.41) is 0.314. The van der Waals surface area contributed by atoms with E-state index < -0.39 is 17.9 Å². The largest absolute Gasteiger partial charge is 0.494 e. The molecule has 38 heavy (non-hydrogen) atoms. The molecule has 1 aliphatic heterocycles. The molecule has 0 radical (unpaired) electrons. The van der Waals surface area contributed by atoms with Crippen LogP contribution in [0.15, 0.2) is 28.7 Å². The zero-order valence-corrected chi connectivity index (χ0v) is 21.3. The number of pyridine rings is 1. The van der Waals surface area contributed by atoms with Gasteiger partial charge in [-0.05, 0) is 44.0 Å². The molecule has 0 bridgehead atoms. The highest BCUT2D eigenvalue weighted by atomic mass is 19.4. The molecule has 2 amide bonds. The number of halogens is 3. The van der Waals surface area contributed by atoms with Crippen LogP contribution in [0.2, 0.25) is 0 Å². The van der Waals surface area contributed by atoms with Crippen molar-refractivity contribution in [2.24, 2.45) is 11.1 Å². The maximum absolute atomic E-state index is 13.5. The second-order valence-corrected chi connectivity index (χ2v) is 10.1. The number of ether oxygens (including phenoxy) is 1. The fourth-order valence-electron chi connectivity index (χ4n) is 4.66. The first kappa shape index (κ1) is 26.0. The fourth-order valence-corrected chi connectivity index (χ4v) is 4.66. The Kier molecular flexibility index (Phi) is 6.33. The van der Waals surface area contributed by atoms with Gasteiger partial charge in [0.25, 0.3) is 5.91 Å². The van der Waals surface area contributed by atoms with Crippen molar-refractivity contribution in [3.05, 3.63) is 41.4 Å². The molecule has 2 fully saturated rings. The Morgan fingerprint density at radius 2 is 1.74 bits per heavy atom. The molecule has 1 aromatic carbocycles. The molecule has 5 rings (SSSR count). The number of hydrogen-bond donors (Lipinski definition) is 1. The predicted molar refractivity (Wildman–Crippen MR) is 131 cm³/mol. The molecule has 2 aliphatic rings. The van der Waals surface area contributed by atoms with Crippen LogP contribution in [0.1, 0.15) is 54.7 Å². The molecule has 0 spiro atoms. The number of fused-ring (bicyclic) bond motifs is 1. The monoisotopic (exact) mass is 531 g/mol. The summed E-state index contributed by atoms with van der Waals surface area (Å²) in [6.45, 7) is 5.15. The van der Waals surface area contributed by atoms with E-state index in [1.54, 1.807) is 22.8 Å². The van der Waals surface area contributed by atoms with Crippen molar-refractivity contribution < 1.29 is 31.9 Å². The van der Waals surface area contributed by atoms with Crippen LogP contribution in [0.3, 0.4) is 0 Å². The summed E-state index contributed by atoms with van der Waals surface area (Å²) in [6, 6.07) is 4.53. The van der Waals surface area contributed by atoms with Crippen LogP contribution in [0, 0.1) is 5.41 Å². The van der Waals surface area contributed by atoms with Gasteiger partial charge < -0.3 is 24.7 Å². The minimum absolute atomic E-state index is 0.0154. The normalized spacial score (nSPS) is 18.0. The lowest BCUT2D eigenvalue weighted by atomic mass is 10.1. The van der Waals surface area contributed by atoms with Gasteiger partial charge in [0.1, 0.15) is 17.0 Å². The first-order valence-corrected chi connectivity index (χ1v) is 12.3. The number of carbonyl (C=O) groups excluding carboxylic acids is 2. The SMILES string of the molecule is COc1ccc(-c2nc(C(=O)N3CCN(C(=O)C4(C)CC4)CC3)c([C@H](C)N)o2)c2ccc(C(F)(F)F)nc12. The summed E-state index contributed by atoms with van der Waals surface area (Å²) in [4.78, 5) is 37.7. The number of oxazole rings is 1. The summed E-state index contributed by atoms with van der Waals surface area (Å²) < 4.78 is 51.1. The number of benzene rings is 1. The van der Waals surface area contributed by atoms with Crippen LogP contribution in [-0.2, 0) is 11.0 Å². The van der Waals surface area contributed by atoms with Gasteiger partial charge in [0.15, 0.2) is 11.5 Å². The summed E-state index contributed by atoms with van der Waals surface area (Å²) in [5.41, 5.74) is 5.13. The van der Waals surface area contributed by atoms with Gasteiger partial charge in [0, 0.05) is 42.5 Å². The van der Waals surface area contributed by atoms with E-state index in [0.29, 0.717) is 37.1 Å². The minimum Gasteiger partial charge on any atom is -0.494 e. The van der Waals surface area contributed by atoms with Crippen LogP contribution >= 0.6 is 0 Å². The van der Waals surface area contributed by atoms with Crippen LogP contribution in [0.5, 0.6) is 5.75 Å². The quantitative estimate of drug-likeness (QED) is 0.529. The third kappa shape index (κ3) is 4.57. The molecule has 202 valence electrons. The molecule has 1 saturated heterocycles. The predicted octanol–water partition coefficient (Wildman–Crippen LogP) is 4.02. The van der Waals surface area contributed by atoms with Gasteiger partial charge in [-0.15, -0.1) is 0 Å². The first-order chi connectivity index (χ1) is 17.9. The molecular formula is C26H28F3N5O4. The molecule has 1 atom stereocenters. The highest BCUT2D eigenvalue weighted by molar-refractivity contribution is 5.98. The Morgan fingerprint density at radius 3 is 2.32 bits per heavy atom. The van der Waals surface area contributed by atoms with Crippen LogP contribution < -0.4 is 10.5 Å². The molecule has 12 heteroatoms. The van der Waals surface area contributed by atoms with E-state index in [4.69, 9.17) is 14.9 Å². The molecule has 3 heterocycles. The Labute approximate surface area is 216 Å². The lowest BCUT2D eigenvalue weighted by Crippen LogP contribution is -2.52. The Balaban J connectivity index is 1.46. The van der Waals surface area contributed by atoms with E-state index >= 15 is 0 Å². The van der Waals surface area contributed by atoms with Gasteiger partial charge in [-0.3, -0.25) is 9.59 Å². The maximum atomic E-state index is 13.5. The molecule has 1 aliphatic carbocycles. The van der Waals surface area contributed by atoms with E-state index in [1.165, 1.54) is 19.2 Å².